The van der Waals surface area contributed by atoms with Crippen molar-refractivity contribution >= 4 is 15.9 Å². The molecule has 0 unspecified atom stereocenters. The number of hydrogen-bond acceptors (Lipinski definition) is 6. The normalized spacial score (nSPS) is 15.1. The summed E-state index contributed by atoms with van der Waals surface area (Å²) in [6.07, 6.45) is 0. The Hall–Kier alpha value is -2.92. The summed E-state index contributed by atoms with van der Waals surface area (Å²) in [6, 6.07) is 9.84. The first-order valence-corrected chi connectivity index (χ1v) is 10.8. The zero-order chi connectivity index (χ0) is 22.6. The van der Waals surface area contributed by atoms with E-state index < -0.39 is 16.6 Å². The Bertz CT molecular complexity index is 1040. The third kappa shape index (κ3) is 5.05. The Morgan fingerprint density at radius 2 is 1.65 bits per heavy atom. The van der Waals surface area contributed by atoms with Crippen molar-refractivity contribution in [2.45, 2.75) is 11.5 Å². The molecule has 168 valence electrons. The molecule has 0 atom stereocenters. The molecule has 31 heavy (non-hydrogen) atoms. The van der Waals surface area contributed by atoms with Gasteiger partial charge in [0.15, 0.2) is 11.5 Å². The first kappa shape index (κ1) is 22.8. The van der Waals surface area contributed by atoms with Gasteiger partial charge in [-0.2, -0.15) is 13.1 Å². The average Bonchev–Trinajstić information content (AvgIpc) is 2.77. The Morgan fingerprint density at radius 3 is 2.26 bits per heavy atom. The van der Waals surface area contributed by atoms with Crippen molar-refractivity contribution in [3.05, 3.63) is 48.0 Å². The number of methoxy groups -OCH3 is 2. The number of piperazine rings is 1. The molecule has 0 aliphatic carbocycles. The van der Waals surface area contributed by atoms with Crippen LogP contribution >= 0.6 is 0 Å². The summed E-state index contributed by atoms with van der Waals surface area (Å²) in [5, 5.41) is 0. The lowest BCUT2D eigenvalue weighted by Gasteiger charge is -2.34. The fourth-order valence-electron chi connectivity index (χ4n) is 3.25. The number of hydrogen-bond donors (Lipinski definition) is 0. The number of carbonyl (C=O) groups excluding carboxylic acids is 1. The Labute approximate surface area is 179 Å². The maximum Gasteiger partial charge on any atom is 0.387 e. The summed E-state index contributed by atoms with van der Waals surface area (Å²) >= 11 is 0. The van der Waals surface area contributed by atoms with E-state index in [1.165, 1.54) is 65.9 Å². The smallest absolute Gasteiger partial charge is 0.387 e. The second kappa shape index (κ2) is 9.48. The molecule has 2 aromatic carbocycles. The molecule has 3 rings (SSSR count). The van der Waals surface area contributed by atoms with E-state index in [0.29, 0.717) is 11.5 Å². The van der Waals surface area contributed by atoms with Gasteiger partial charge in [-0.1, -0.05) is 6.07 Å². The number of amides is 1. The summed E-state index contributed by atoms with van der Waals surface area (Å²) < 4.78 is 66.7. The van der Waals surface area contributed by atoms with Crippen LogP contribution in [0.4, 0.5) is 8.78 Å². The molecule has 0 saturated carbocycles. The van der Waals surface area contributed by atoms with Crippen LogP contribution in [0.25, 0.3) is 0 Å². The van der Waals surface area contributed by atoms with E-state index in [0.717, 1.165) is 0 Å². The van der Waals surface area contributed by atoms with Gasteiger partial charge in [-0.15, -0.1) is 0 Å². The first-order valence-electron chi connectivity index (χ1n) is 9.32. The maximum atomic E-state index is 13.0. The van der Waals surface area contributed by atoms with Crippen LogP contribution in [-0.4, -0.2) is 70.5 Å². The van der Waals surface area contributed by atoms with Crippen LogP contribution in [-0.2, 0) is 10.0 Å². The van der Waals surface area contributed by atoms with Crippen molar-refractivity contribution in [3.8, 4) is 17.2 Å². The molecular formula is C20H22F2N2O6S. The molecule has 1 heterocycles. The number of alkyl halides is 2. The van der Waals surface area contributed by atoms with Crippen molar-refractivity contribution in [2.75, 3.05) is 40.4 Å². The number of nitrogens with zero attached hydrogens (tertiary/aromatic N) is 2. The van der Waals surface area contributed by atoms with E-state index in [9.17, 15) is 22.0 Å². The molecular weight excluding hydrogens is 434 g/mol. The van der Waals surface area contributed by atoms with E-state index in [-0.39, 0.29) is 48.3 Å². The maximum absolute atomic E-state index is 13.0. The van der Waals surface area contributed by atoms with E-state index in [1.54, 1.807) is 0 Å². The van der Waals surface area contributed by atoms with E-state index in [4.69, 9.17) is 9.47 Å². The van der Waals surface area contributed by atoms with Crippen molar-refractivity contribution < 1.29 is 36.2 Å². The Morgan fingerprint density at radius 1 is 0.968 bits per heavy atom. The molecule has 0 spiro atoms. The molecule has 8 nitrogen and oxygen atoms in total. The van der Waals surface area contributed by atoms with Gasteiger partial charge in [0.2, 0.25) is 10.0 Å². The van der Waals surface area contributed by atoms with E-state index in [2.05, 4.69) is 4.74 Å². The van der Waals surface area contributed by atoms with E-state index >= 15 is 0 Å². The summed E-state index contributed by atoms with van der Waals surface area (Å²) in [4.78, 5) is 14.2. The highest BCUT2D eigenvalue weighted by molar-refractivity contribution is 7.89. The molecule has 0 bridgehead atoms. The van der Waals surface area contributed by atoms with Gasteiger partial charge in [-0.05, 0) is 30.3 Å². The predicted molar refractivity (Wildman–Crippen MR) is 107 cm³/mol. The first-order chi connectivity index (χ1) is 14.8. The lowest BCUT2D eigenvalue weighted by atomic mass is 10.1. The third-order valence-corrected chi connectivity index (χ3v) is 6.72. The van der Waals surface area contributed by atoms with E-state index in [1.807, 2.05) is 0 Å². The van der Waals surface area contributed by atoms with Gasteiger partial charge in [0.1, 0.15) is 5.75 Å². The summed E-state index contributed by atoms with van der Waals surface area (Å²) in [5.74, 6) is 0.205. The minimum absolute atomic E-state index is 0.0572. The lowest BCUT2D eigenvalue weighted by molar-refractivity contribution is -0.0499. The highest BCUT2D eigenvalue weighted by Gasteiger charge is 2.31. The highest BCUT2D eigenvalue weighted by Crippen LogP contribution is 2.31. The average molecular weight is 456 g/mol. The monoisotopic (exact) mass is 456 g/mol. The molecule has 0 N–H and O–H groups in total. The van der Waals surface area contributed by atoms with Gasteiger partial charge >= 0.3 is 6.61 Å². The fraction of sp³-hybridized carbons (Fsp3) is 0.350. The summed E-state index contributed by atoms with van der Waals surface area (Å²) in [5.41, 5.74) is 0.189. The van der Waals surface area contributed by atoms with Gasteiger partial charge in [0.25, 0.3) is 5.91 Å². The fourth-order valence-corrected chi connectivity index (χ4v) is 4.68. The minimum Gasteiger partial charge on any atom is -0.493 e. The largest absolute Gasteiger partial charge is 0.493 e. The quantitative estimate of drug-likeness (QED) is 0.636. The van der Waals surface area contributed by atoms with Gasteiger partial charge in [0.05, 0.1) is 19.1 Å². The zero-order valence-electron chi connectivity index (χ0n) is 17.0. The molecule has 1 aliphatic rings. The molecule has 1 saturated heterocycles. The van der Waals surface area contributed by atoms with Crippen molar-refractivity contribution in [1.82, 2.24) is 9.21 Å². The number of benzene rings is 2. The minimum atomic E-state index is -3.80. The Balaban J connectivity index is 1.69. The van der Waals surface area contributed by atoms with Crippen LogP contribution in [0.2, 0.25) is 0 Å². The summed E-state index contributed by atoms with van der Waals surface area (Å²) in [6.45, 7) is -2.49. The van der Waals surface area contributed by atoms with Crippen molar-refractivity contribution in [2.24, 2.45) is 0 Å². The second-order valence-corrected chi connectivity index (χ2v) is 8.56. The molecule has 1 fully saturated rings. The van der Waals surface area contributed by atoms with Gasteiger partial charge < -0.3 is 19.1 Å². The van der Waals surface area contributed by atoms with Crippen LogP contribution < -0.4 is 14.2 Å². The van der Waals surface area contributed by atoms with Crippen LogP contribution in [0, 0.1) is 0 Å². The third-order valence-electron chi connectivity index (χ3n) is 4.82. The van der Waals surface area contributed by atoms with Crippen LogP contribution in [0.3, 0.4) is 0 Å². The highest BCUT2D eigenvalue weighted by atomic mass is 32.2. The van der Waals surface area contributed by atoms with Crippen LogP contribution in [0.5, 0.6) is 17.2 Å². The lowest BCUT2D eigenvalue weighted by Crippen LogP contribution is -2.50. The standard InChI is InChI=1S/C20H22F2N2O6S/c1-28-17-7-6-16(13-18(17)29-2)31(26,27)24-10-8-23(9-11-24)19(25)14-4-3-5-15(12-14)30-20(21)22/h3-7,12-13,20H,8-11H2,1-2H3. The van der Waals surface area contributed by atoms with Gasteiger partial charge in [-0.25, -0.2) is 8.42 Å². The molecule has 0 aromatic heterocycles. The molecule has 0 radical (unpaired) electrons. The number of carbonyl (C=O) groups is 1. The number of ether oxygens (including phenoxy) is 3. The molecule has 1 aliphatic heterocycles. The SMILES string of the molecule is COc1ccc(S(=O)(=O)N2CCN(C(=O)c3cccc(OC(F)F)c3)CC2)cc1OC. The van der Waals surface area contributed by atoms with Crippen molar-refractivity contribution in [1.29, 1.82) is 0 Å². The molecule has 1 amide bonds. The van der Waals surface area contributed by atoms with Crippen molar-refractivity contribution in [3.63, 3.8) is 0 Å². The number of halogens is 2. The number of rotatable bonds is 7. The van der Waals surface area contributed by atoms with Gasteiger partial charge in [0, 0.05) is 37.8 Å². The van der Waals surface area contributed by atoms with Gasteiger partial charge in [-0.3, -0.25) is 4.79 Å². The Kier molecular flexibility index (Phi) is 6.96. The second-order valence-electron chi connectivity index (χ2n) is 6.62. The van der Waals surface area contributed by atoms with Crippen LogP contribution in [0.15, 0.2) is 47.4 Å². The topological polar surface area (TPSA) is 85.4 Å². The zero-order valence-corrected chi connectivity index (χ0v) is 17.8. The molecule has 11 heteroatoms. The summed E-state index contributed by atoms with van der Waals surface area (Å²) in [7, 11) is -0.925. The van der Waals surface area contributed by atoms with Crippen LogP contribution in [0.1, 0.15) is 10.4 Å². The number of sulfonamides is 1. The molecule has 2 aromatic rings. The predicted octanol–water partition coefficient (Wildman–Crippen LogP) is 2.45.